The lowest BCUT2D eigenvalue weighted by Crippen LogP contribution is -2.22. The molecule has 8 nitrogen and oxygen atoms in total. The van der Waals surface area contributed by atoms with Gasteiger partial charge in [-0.3, -0.25) is 10.1 Å². The van der Waals surface area contributed by atoms with E-state index in [0.717, 1.165) is 0 Å². The number of nitrogens with zero attached hydrogens (tertiary/aromatic N) is 2. The smallest absolute Gasteiger partial charge is 0.280 e. The van der Waals surface area contributed by atoms with Crippen LogP contribution in [0.1, 0.15) is 21.6 Å². The molecule has 0 amide bonds. The first-order valence-electron chi connectivity index (χ1n) is 8.14. The van der Waals surface area contributed by atoms with E-state index in [-0.39, 0.29) is 22.6 Å². The Hall–Kier alpha value is -3.94. The van der Waals surface area contributed by atoms with Gasteiger partial charge in [-0.05, 0) is 30.4 Å². The van der Waals surface area contributed by atoms with Gasteiger partial charge in [-0.2, -0.15) is 0 Å². The maximum atomic E-state index is 11.5. The van der Waals surface area contributed by atoms with E-state index in [1.165, 1.54) is 44.6 Å². The molecule has 0 N–H and O–H groups in total. The summed E-state index contributed by atoms with van der Waals surface area (Å²) in [7, 11) is 2.81. The number of rotatable bonds is 6. The number of carboxylic acids is 1. The topological polar surface area (TPSA) is 115 Å². The van der Waals surface area contributed by atoms with Crippen molar-refractivity contribution in [1.29, 1.82) is 0 Å². The number of aromatic nitrogens is 1. The molecular weight excluding hydrogens is 364 g/mol. The first-order valence-corrected chi connectivity index (χ1v) is 8.14. The van der Waals surface area contributed by atoms with Crippen molar-refractivity contribution in [2.24, 2.45) is 0 Å². The molecule has 0 aliphatic carbocycles. The predicted octanol–water partition coefficient (Wildman–Crippen LogP) is 2.69. The molecule has 0 radical (unpaired) electrons. The number of methoxy groups -OCH3 is 2. The third-order valence-corrected chi connectivity index (χ3v) is 4.12. The Labute approximate surface area is 159 Å². The van der Waals surface area contributed by atoms with E-state index >= 15 is 0 Å². The number of benzene rings is 2. The summed E-state index contributed by atoms with van der Waals surface area (Å²) in [6, 6.07) is 10.9. The van der Waals surface area contributed by atoms with Crippen molar-refractivity contribution in [3.8, 4) is 11.5 Å². The van der Waals surface area contributed by atoms with Gasteiger partial charge in [0, 0.05) is 10.9 Å². The van der Waals surface area contributed by atoms with Crippen LogP contribution in [0.2, 0.25) is 0 Å². The molecular formula is C20H15N2O6-. The third kappa shape index (κ3) is 3.61. The molecule has 8 heteroatoms. The lowest BCUT2D eigenvalue weighted by Gasteiger charge is -2.09. The number of ether oxygens (including phenoxy) is 2. The summed E-state index contributed by atoms with van der Waals surface area (Å²) in [5, 5.41) is 23.3. The van der Waals surface area contributed by atoms with Crippen molar-refractivity contribution in [2.45, 2.75) is 0 Å². The minimum atomic E-state index is -1.33. The molecule has 0 unspecified atom stereocenters. The largest absolute Gasteiger partial charge is 0.545 e. The molecule has 3 rings (SSSR count). The fraction of sp³-hybridized carbons (Fsp3) is 0.100. The summed E-state index contributed by atoms with van der Waals surface area (Å²) in [5.41, 5.74) is 0.863. The van der Waals surface area contributed by atoms with Crippen LogP contribution in [0.3, 0.4) is 0 Å². The highest BCUT2D eigenvalue weighted by molar-refractivity contribution is 6.02. The van der Waals surface area contributed by atoms with Crippen molar-refractivity contribution in [3.63, 3.8) is 0 Å². The number of fused-ring (bicyclic) bond motifs is 1. The Bertz CT molecular complexity index is 1110. The molecule has 1 aromatic heterocycles. The van der Waals surface area contributed by atoms with Crippen molar-refractivity contribution < 1.29 is 24.3 Å². The Balaban J connectivity index is 2.11. The van der Waals surface area contributed by atoms with Crippen LogP contribution in [0.4, 0.5) is 5.69 Å². The number of nitro groups is 1. The van der Waals surface area contributed by atoms with Crippen LogP contribution in [0, 0.1) is 10.1 Å². The zero-order chi connectivity index (χ0) is 20.3. The zero-order valence-corrected chi connectivity index (χ0v) is 15.0. The number of carboxylic acid groups (broad SMARTS) is 1. The lowest BCUT2D eigenvalue weighted by atomic mass is 10.1. The normalized spacial score (nSPS) is 10.9. The van der Waals surface area contributed by atoms with Crippen LogP contribution >= 0.6 is 0 Å². The fourth-order valence-corrected chi connectivity index (χ4v) is 2.80. The summed E-state index contributed by atoms with van der Waals surface area (Å²) >= 11 is 0. The number of carbonyl (C=O) groups is 1. The van der Waals surface area contributed by atoms with Crippen LogP contribution < -0.4 is 14.6 Å². The van der Waals surface area contributed by atoms with Gasteiger partial charge in [0.15, 0.2) is 11.5 Å². The van der Waals surface area contributed by atoms with Crippen LogP contribution in [0.5, 0.6) is 11.5 Å². The number of carbonyl (C=O) groups excluding carboxylic acids is 1. The number of hydrogen-bond acceptors (Lipinski definition) is 7. The van der Waals surface area contributed by atoms with Gasteiger partial charge < -0.3 is 19.4 Å². The van der Waals surface area contributed by atoms with Gasteiger partial charge in [-0.15, -0.1) is 0 Å². The average Bonchev–Trinajstić information content (AvgIpc) is 2.70. The van der Waals surface area contributed by atoms with Crippen LogP contribution in [-0.2, 0) is 0 Å². The van der Waals surface area contributed by atoms with E-state index in [2.05, 4.69) is 4.98 Å². The molecule has 0 saturated heterocycles. The summed E-state index contributed by atoms with van der Waals surface area (Å²) in [5.74, 6) is -0.769. The maximum Gasteiger partial charge on any atom is 0.280 e. The second-order valence-electron chi connectivity index (χ2n) is 5.76. The standard InChI is InChI=1S/C20H16N2O6/c1-27-18-9-12(17(22(25)26)11-19(18)28-2)7-8-13-10-15(20(23)24)14-5-3-4-6-16(14)21-13/h3-11H,1-2H3,(H,23,24)/p-1/b8-7+. The van der Waals surface area contributed by atoms with Gasteiger partial charge in [0.05, 0.1) is 48.0 Å². The Morgan fingerprint density at radius 3 is 2.39 bits per heavy atom. The molecule has 1 heterocycles. The number of aromatic carboxylic acids is 1. The summed E-state index contributed by atoms with van der Waals surface area (Å²) < 4.78 is 10.3. The van der Waals surface area contributed by atoms with E-state index < -0.39 is 10.9 Å². The summed E-state index contributed by atoms with van der Waals surface area (Å²) in [4.78, 5) is 26.7. The second kappa shape index (κ2) is 7.75. The lowest BCUT2D eigenvalue weighted by molar-refractivity contribution is -0.385. The number of hydrogen-bond donors (Lipinski definition) is 0. The first-order chi connectivity index (χ1) is 13.4. The van der Waals surface area contributed by atoms with E-state index in [9.17, 15) is 20.0 Å². The molecule has 0 aliphatic heterocycles. The van der Waals surface area contributed by atoms with Gasteiger partial charge in [0.1, 0.15) is 0 Å². The van der Waals surface area contributed by atoms with Crippen molar-refractivity contribution in [2.75, 3.05) is 14.2 Å². The molecule has 2 aromatic carbocycles. The quantitative estimate of drug-likeness (QED) is 0.478. The van der Waals surface area contributed by atoms with Gasteiger partial charge in [0.25, 0.3) is 5.69 Å². The molecule has 0 fully saturated rings. The van der Waals surface area contributed by atoms with Gasteiger partial charge in [-0.25, -0.2) is 4.98 Å². The number of para-hydroxylation sites is 1. The first kappa shape index (κ1) is 18.8. The molecule has 0 aliphatic rings. The summed E-state index contributed by atoms with van der Waals surface area (Å²) in [6.45, 7) is 0. The van der Waals surface area contributed by atoms with E-state index in [1.807, 2.05) is 0 Å². The highest BCUT2D eigenvalue weighted by atomic mass is 16.6. The average molecular weight is 379 g/mol. The molecule has 3 aromatic rings. The Morgan fingerprint density at radius 2 is 1.75 bits per heavy atom. The van der Waals surface area contributed by atoms with Gasteiger partial charge in [-0.1, -0.05) is 18.2 Å². The van der Waals surface area contributed by atoms with Crippen molar-refractivity contribution in [1.82, 2.24) is 4.98 Å². The summed E-state index contributed by atoms with van der Waals surface area (Å²) in [6.07, 6.45) is 2.96. The molecule has 0 bridgehead atoms. The Kier molecular flexibility index (Phi) is 5.21. The molecule has 0 saturated carbocycles. The molecule has 28 heavy (non-hydrogen) atoms. The van der Waals surface area contributed by atoms with E-state index in [1.54, 1.807) is 24.3 Å². The maximum absolute atomic E-state index is 11.5. The zero-order valence-electron chi connectivity index (χ0n) is 15.0. The Morgan fingerprint density at radius 1 is 1.07 bits per heavy atom. The van der Waals surface area contributed by atoms with Crippen LogP contribution in [0.15, 0.2) is 42.5 Å². The fourth-order valence-electron chi connectivity index (χ4n) is 2.80. The second-order valence-corrected chi connectivity index (χ2v) is 5.76. The SMILES string of the molecule is COc1cc(/C=C/c2cc(C(=O)[O-])c3ccccc3n2)c([N+](=O)[O-])cc1OC. The highest BCUT2D eigenvalue weighted by Crippen LogP contribution is 2.35. The molecule has 0 atom stereocenters. The van der Waals surface area contributed by atoms with Gasteiger partial charge in [0.2, 0.25) is 0 Å². The monoisotopic (exact) mass is 379 g/mol. The third-order valence-electron chi connectivity index (χ3n) is 4.12. The van der Waals surface area contributed by atoms with Gasteiger partial charge >= 0.3 is 0 Å². The van der Waals surface area contributed by atoms with Crippen molar-refractivity contribution in [3.05, 3.63) is 69.4 Å². The molecule has 142 valence electrons. The predicted molar refractivity (Wildman–Crippen MR) is 101 cm³/mol. The highest BCUT2D eigenvalue weighted by Gasteiger charge is 2.18. The molecule has 0 spiro atoms. The van der Waals surface area contributed by atoms with Crippen molar-refractivity contribution >= 4 is 34.7 Å². The number of pyridine rings is 1. The minimum absolute atomic E-state index is 0.00735. The minimum Gasteiger partial charge on any atom is -0.545 e. The van der Waals surface area contributed by atoms with Crippen LogP contribution in [-0.4, -0.2) is 30.1 Å². The number of nitro benzene ring substituents is 1. The van der Waals surface area contributed by atoms with E-state index in [4.69, 9.17) is 9.47 Å². The van der Waals surface area contributed by atoms with E-state index in [0.29, 0.717) is 22.3 Å². The van der Waals surface area contributed by atoms with Crippen LogP contribution in [0.25, 0.3) is 23.1 Å².